The fourth-order valence-corrected chi connectivity index (χ4v) is 4.69. The Morgan fingerprint density at radius 2 is 1.83 bits per heavy atom. The lowest BCUT2D eigenvalue weighted by atomic mass is 10.2. The minimum atomic E-state index is -0.270. The van der Waals surface area contributed by atoms with Crippen LogP contribution >= 0.6 is 11.3 Å². The Hall–Kier alpha value is -3.26. The highest BCUT2D eigenvalue weighted by atomic mass is 32.1. The van der Waals surface area contributed by atoms with Gasteiger partial charge < -0.3 is 14.4 Å². The number of hydrogen-bond donors (Lipinski definition) is 0. The van der Waals surface area contributed by atoms with Crippen LogP contribution in [0.2, 0.25) is 0 Å². The van der Waals surface area contributed by atoms with Crippen molar-refractivity contribution in [2.45, 2.75) is 6.54 Å². The topological polar surface area (TPSA) is 54.3 Å². The van der Waals surface area contributed by atoms with Crippen molar-refractivity contribution in [3.05, 3.63) is 77.3 Å². The zero-order valence-electron chi connectivity index (χ0n) is 16.2. The van der Waals surface area contributed by atoms with Crippen LogP contribution in [0.4, 0.5) is 10.3 Å². The number of benzene rings is 1. The van der Waals surface area contributed by atoms with Crippen molar-refractivity contribution >= 4 is 33.4 Å². The molecule has 0 unspecified atom stereocenters. The molecule has 0 atom stereocenters. The van der Waals surface area contributed by atoms with Gasteiger partial charge in [0.25, 0.3) is 5.91 Å². The quantitative estimate of drug-likeness (QED) is 0.505. The van der Waals surface area contributed by atoms with Crippen LogP contribution in [0.5, 0.6) is 0 Å². The lowest BCUT2D eigenvalue weighted by Gasteiger charge is -2.34. The number of rotatable bonds is 4. The average Bonchev–Trinajstić information content (AvgIpc) is 3.37. The highest BCUT2D eigenvalue weighted by molar-refractivity contribution is 7.17. The minimum absolute atomic E-state index is 0.00318. The summed E-state index contributed by atoms with van der Waals surface area (Å²) in [6, 6.07) is 12.3. The summed E-state index contributed by atoms with van der Waals surface area (Å²) in [5.41, 5.74) is 2.48. The Balaban J connectivity index is 1.38. The first-order valence-electron chi connectivity index (χ1n) is 9.81. The Morgan fingerprint density at radius 1 is 1.03 bits per heavy atom. The molecular formula is C22H20FN5OS. The van der Waals surface area contributed by atoms with Crippen LogP contribution in [0.3, 0.4) is 0 Å². The number of thiophene rings is 1. The maximum atomic E-state index is 13.7. The molecule has 1 saturated heterocycles. The van der Waals surface area contributed by atoms with E-state index in [4.69, 9.17) is 0 Å². The summed E-state index contributed by atoms with van der Waals surface area (Å²) in [7, 11) is 0. The van der Waals surface area contributed by atoms with E-state index in [2.05, 4.69) is 14.9 Å². The predicted molar refractivity (Wildman–Crippen MR) is 115 cm³/mol. The summed E-state index contributed by atoms with van der Waals surface area (Å²) in [4.78, 5) is 25.9. The molecule has 1 amide bonds. The molecule has 4 heterocycles. The van der Waals surface area contributed by atoms with Crippen LogP contribution in [-0.2, 0) is 6.54 Å². The molecule has 0 N–H and O–H groups in total. The highest BCUT2D eigenvalue weighted by Gasteiger charge is 2.26. The van der Waals surface area contributed by atoms with E-state index in [0.29, 0.717) is 44.4 Å². The van der Waals surface area contributed by atoms with E-state index >= 15 is 0 Å². The molecule has 6 nitrogen and oxygen atoms in total. The molecule has 5 rings (SSSR count). The fraction of sp³-hybridized carbons (Fsp3) is 0.227. The van der Waals surface area contributed by atoms with E-state index in [9.17, 15) is 9.18 Å². The summed E-state index contributed by atoms with van der Waals surface area (Å²) in [5, 5.41) is 2.01. The van der Waals surface area contributed by atoms with Gasteiger partial charge in [0.05, 0.1) is 10.2 Å². The van der Waals surface area contributed by atoms with Gasteiger partial charge in [0.15, 0.2) is 0 Å². The number of aromatic nitrogens is 3. The van der Waals surface area contributed by atoms with Crippen LogP contribution in [0.1, 0.15) is 16.1 Å². The maximum Gasteiger partial charge on any atom is 0.270 e. The summed E-state index contributed by atoms with van der Waals surface area (Å²) in [5.74, 6) is 0.427. The number of carbonyl (C=O) groups excluding carboxylic acids is 1. The largest absolute Gasteiger partial charge is 0.337 e. The van der Waals surface area contributed by atoms with Gasteiger partial charge in [0.1, 0.15) is 11.5 Å². The van der Waals surface area contributed by atoms with Crippen LogP contribution < -0.4 is 4.90 Å². The molecule has 0 saturated carbocycles. The molecule has 1 aliphatic heterocycles. The molecule has 1 aromatic carbocycles. The van der Waals surface area contributed by atoms with Crippen molar-refractivity contribution in [3.63, 3.8) is 0 Å². The molecule has 0 aliphatic carbocycles. The smallest absolute Gasteiger partial charge is 0.270 e. The molecule has 1 fully saturated rings. The first kappa shape index (κ1) is 18.7. The van der Waals surface area contributed by atoms with Gasteiger partial charge in [0.2, 0.25) is 5.95 Å². The molecule has 152 valence electrons. The average molecular weight is 422 g/mol. The molecule has 1 aliphatic rings. The molecule has 8 heteroatoms. The van der Waals surface area contributed by atoms with Crippen LogP contribution in [0.25, 0.3) is 10.2 Å². The maximum absolute atomic E-state index is 13.7. The van der Waals surface area contributed by atoms with Crippen LogP contribution in [0, 0.1) is 5.82 Å². The van der Waals surface area contributed by atoms with E-state index < -0.39 is 0 Å². The molecule has 30 heavy (non-hydrogen) atoms. The van der Waals surface area contributed by atoms with Crippen molar-refractivity contribution in [2.75, 3.05) is 31.1 Å². The third-order valence-electron chi connectivity index (χ3n) is 5.37. The zero-order chi connectivity index (χ0) is 20.5. The van der Waals surface area contributed by atoms with Crippen molar-refractivity contribution in [2.24, 2.45) is 0 Å². The van der Waals surface area contributed by atoms with Crippen LogP contribution in [-0.4, -0.2) is 51.5 Å². The lowest BCUT2D eigenvalue weighted by molar-refractivity contribution is 0.0736. The van der Waals surface area contributed by atoms with E-state index in [0.717, 1.165) is 15.8 Å². The number of piperazine rings is 1. The number of halogens is 1. The molecule has 0 bridgehead atoms. The van der Waals surface area contributed by atoms with E-state index in [1.165, 1.54) is 12.1 Å². The minimum Gasteiger partial charge on any atom is -0.337 e. The van der Waals surface area contributed by atoms with Gasteiger partial charge in [-0.3, -0.25) is 4.79 Å². The Labute approximate surface area is 177 Å². The second kappa shape index (κ2) is 7.87. The van der Waals surface area contributed by atoms with Crippen LogP contribution in [0.15, 0.2) is 60.2 Å². The van der Waals surface area contributed by atoms with Crippen molar-refractivity contribution in [3.8, 4) is 0 Å². The monoisotopic (exact) mass is 421 g/mol. The summed E-state index contributed by atoms with van der Waals surface area (Å²) < 4.78 is 16.7. The van der Waals surface area contributed by atoms with Gasteiger partial charge in [-0.1, -0.05) is 12.1 Å². The second-order valence-electron chi connectivity index (χ2n) is 7.24. The summed E-state index contributed by atoms with van der Waals surface area (Å²) >= 11 is 1.61. The number of carbonyl (C=O) groups is 1. The van der Waals surface area contributed by atoms with E-state index in [1.54, 1.807) is 35.9 Å². The van der Waals surface area contributed by atoms with Gasteiger partial charge >= 0.3 is 0 Å². The zero-order valence-corrected chi connectivity index (χ0v) is 17.1. The summed E-state index contributed by atoms with van der Waals surface area (Å²) in [6.45, 7) is 3.05. The molecule has 4 aromatic rings. The van der Waals surface area contributed by atoms with Gasteiger partial charge in [-0.2, -0.15) is 0 Å². The third-order valence-corrected chi connectivity index (χ3v) is 6.23. The van der Waals surface area contributed by atoms with Crippen molar-refractivity contribution in [1.82, 2.24) is 19.4 Å². The van der Waals surface area contributed by atoms with Gasteiger partial charge in [0, 0.05) is 45.1 Å². The predicted octanol–water partition coefficient (Wildman–Crippen LogP) is 3.64. The van der Waals surface area contributed by atoms with E-state index in [1.807, 2.05) is 33.0 Å². The van der Waals surface area contributed by atoms with Gasteiger partial charge in [-0.25, -0.2) is 14.4 Å². The SMILES string of the molecule is O=C(c1cc2sccc2n1Cc1cccc(F)c1)N1CCN(c2ncccn2)CC1. The number of amides is 1. The number of nitrogens with zero attached hydrogens (tertiary/aromatic N) is 5. The Morgan fingerprint density at radius 3 is 2.60 bits per heavy atom. The lowest BCUT2D eigenvalue weighted by Crippen LogP contribution is -2.49. The molecule has 3 aromatic heterocycles. The Kier molecular flexibility index (Phi) is 4.92. The van der Waals surface area contributed by atoms with E-state index in [-0.39, 0.29) is 11.7 Å². The number of anilines is 1. The van der Waals surface area contributed by atoms with Crippen molar-refractivity contribution < 1.29 is 9.18 Å². The number of hydrogen-bond acceptors (Lipinski definition) is 5. The number of fused-ring (bicyclic) bond motifs is 1. The second-order valence-corrected chi connectivity index (χ2v) is 8.19. The standard InChI is InChI=1S/C22H20FN5OS/c23-17-4-1-3-16(13-17)15-28-18-5-12-30-20(18)14-19(28)21(29)26-8-10-27(11-9-26)22-24-6-2-7-25-22/h1-7,12-14H,8-11,15H2. The first-order valence-corrected chi connectivity index (χ1v) is 10.7. The molecular weight excluding hydrogens is 401 g/mol. The first-order chi connectivity index (χ1) is 14.7. The molecule has 0 radical (unpaired) electrons. The highest BCUT2D eigenvalue weighted by Crippen LogP contribution is 2.27. The summed E-state index contributed by atoms with van der Waals surface area (Å²) in [6.07, 6.45) is 3.46. The normalized spacial score (nSPS) is 14.4. The third kappa shape index (κ3) is 3.54. The van der Waals surface area contributed by atoms with Gasteiger partial charge in [-0.05, 0) is 41.3 Å². The Bertz CT molecular complexity index is 1180. The van der Waals surface area contributed by atoms with Gasteiger partial charge in [-0.15, -0.1) is 11.3 Å². The fourth-order valence-electron chi connectivity index (χ4n) is 3.87. The molecule has 0 spiro atoms. The van der Waals surface area contributed by atoms with Crippen molar-refractivity contribution in [1.29, 1.82) is 0 Å².